The number of benzene rings is 2. The minimum absolute atomic E-state index is 0.0805. The van der Waals surface area contributed by atoms with Gasteiger partial charge in [-0.3, -0.25) is 4.90 Å². The molecule has 1 aliphatic carbocycles. The summed E-state index contributed by atoms with van der Waals surface area (Å²) in [6.07, 6.45) is -5.59. The van der Waals surface area contributed by atoms with Crippen molar-refractivity contribution in [1.82, 2.24) is 4.90 Å². The first-order valence-corrected chi connectivity index (χ1v) is 14.7. The van der Waals surface area contributed by atoms with Gasteiger partial charge in [0.25, 0.3) is 0 Å². The molecule has 2 fully saturated rings. The summed E-state index contributed by atoms with van der Waals surface area (Å²) in [4.78, 5) is 23.7. The third kappa shape index (κ3) is 8.56. The highest BCUT2D eigenvalue weighted by Gasteiger charge is 2.47. The van der Waals surface area contributed by atoms with Crippen molar-refractivity contribution >= 4 is 6.09 Å². The van der Waals surface area contributed by atoms with Crippen molar-refractivity contribution in [1.29, 1.82) is 0 Å². The molecule has 1 saturated heterocycles. The molecule has 2 N–H and O–H groups in total. The molecule has 0 unspecified atom stereocenters. The highest BCUT2D eigenvalue weighted by Crippen LogP contribution is 2.34. The number of carbonyl (C=O) groups is 1. The Morgan fingerprint density at radius 1 is 0.911 bits per heavy atom. The van der Waals surface area contributed by atoms with Crippen LogP contribution in [0.1, 0.15) is 43.7 Å². The maximum absolute atomic E-state index is 13.6. The Kier molecular flexibility index (Phi) is 12.3. The molecule has 16 nitrogen and oxygen atoms in total. The highest BCUT2D eigenvalue weighted by atomic mass is 16.7. The van der Waals surface area contributed by atoms with Crippen molar-refractivity contribution in [3.05, 3.63) is 103 Å². The second-order valence-corrected chi connectivity index (χ2v) is 10.9. The van der Waals surface area contributed by atoms with Crippen molar-refractivity contribution < 1.29 is 29.2 Å². The average Bonchev–Trinajstić information content (AvgIpc) is 3.06. The van der Waals surface area contributed by atoms with Crippen LogP contribution in [0, 0.1) is 0 Å². The summed E-state index contributed by atoms with van der Waals surface area (Å²) in [6, 6.07) is 15.4. The van der Waals surface area contributed by atoms with Crippen molar-refractivity contribution in [2.45, 2.75) is 101 Å². The molecule has 0 radical (unpaired) electrons. The number of hydrogen-bond acceptors (Lipinski definition) is 9. The van der Waals surface area contributed by atoms with E-state index in [1.165, 1.54) is 0 Å². The molecule has 0 spiro atoms. The van der Waals surface area contributed by atoms with Crippen LogP contribution in [0.4, 0.5) is 4.79 Å². The maximum atomic E-state index is 13.6. The van der Waals surface area contributed by atoms with Crippen LogP contribution in [0.25, 0.3) is 31.3 Å². The first kappa shape index (κ1) is 33.4. The molecule has 2 aromatic rings. The van der Waals surface area contributed by atoms with E-state index in [1.807, 2.05) is 67.6 Å². The van der Waals surface area contributed by atoms with E-state index in [2.05, 4.69) is 30.1 Å². The zero-order chi connectivity index (χ0) is 32.2. The average molecular weight is 621 g/mol. The van der Waals surface area contributed by atoms with Gasteiger partial charge < -0.3 is 24.4 Å². The van der Waals surface area contributed by atoms with E-state index in [-0.39, 0.29) is 19.6 Å². The van der Waals surface area contributed by atoms with Gasteiger partial charge in [0, 0.05) is 21.3 Å². The van der Waals surface area contributed by atoms with Crippen LogP contribution in [0.15, 0.2) is 76.0 Å². The molecule has 9 atom stereocenters. The van der Waals surface area contributed by atoms with Crippen LogP contribution in [-0.4, -0.2) is 76.1 Å². The largest absolute Gasteiger partial charge is 0.445 e. The second-order valence-electron chi connectivity index (χ2n) is 10.9. The number of carbonyl (C=O) groups excluding carboxylic acids is 1. The van der Waals surface area contributed by atoms with E-state index in [1.54, 1.807) is 4.90 Å². The summed E-state index contributed by atoms with van der Waals surface area (Å²) in [7, 11) is 0. The lowest BCUT2D eigenvalue weighted by molar-refractivity contribution is -0.260. The smallest absolute Gasteiger partial charge is 0.410 e. The lowest BCUT2D eigenvalue weighted by atomic mass is 9.84. The molecule has 0 bridgehead atoms. The molecule has 16 heteroatoms. The lowest BCUT2D eigenvalue weighted by Crippen LogP contribution is -2.59. The van der Waals surface area contributed by atoms with Crippen LogP contribution in [-0.2, 0) is 27.4 Å². The summed E-state index contributed by atoms with van der Waals surface area (Å²) in [6.45, 7) is 2.24. The van der Waals surface area contributed by atoms with Crippen LogP contribution in [0.5, 0.6) is 0 Å². The number of hydrogen-bond donors (Lipinski definition) is 2. The molecular formula is C29H36N10O6. The van der Waals surface area contributed by atoms with Crippen LogP contribution >= 0.6 is 0 Å². The van der Waals surface area contributed by atoms with Gasteiger partial charge in [0.1, 0.15) is 12.7 Å². The SMILES string of the molecule is CC[C@@H]([C@@H]1CC[C@@H](N=[N+]=[N-])[C@@H](O[C@H]2[C@H](O)[C@@H](O)[C@H](N=[N+]=[N-])C[C@@H]2N=[N+]=[N-])O1)N(Cc1ccccc1)C(=O)OCc1ccccc1. The van der Waals surface area contributed by atoms with Gasteiger partial charge in [0.15, 0.2) is 6.29 Å². The van der Waals surface area contributed by atoms with Crippen LogP contribution in [0.3, 0.4) is 0 Å². The molecule has 0 aromatic heterocycles. The van der Waals surface area contributed by atoms with E-state index < -0.39 is 61.0 Å². The van der Waals surface area contributed by atoms with Crippen molar-refractivity contribution in [2.75, 3.05) is 0 Å². The fourth-order valence-electron chi connectivity index (χ4n) is 5.83. The van der Waals surface area contributed by atoms with E-state index in [0.29, 0.717) is 19.3 Å². The molecule has 4 rings (SSSR count). The minimum Gasteiger partial charge on any atom is -0.445 e. The zero-order valence-corrected chi connectivity index (χ0v) is 24.7. The van der Waals surface area contributed by atoms with E-state index in [4.69, 9.17) is 25.3 Å². The number of amides is 1. The maximum Gasteiger partial charge on any atom is 0.410 e. The van der Waals surface area contributed by atoms with Gasteiger partial charge in [0.05, 0.1) is 42.5 Å². The molecule has 45 heavy (non-hydrogen) atoms. The number of ether oxygens (including phenoxy) is 3. The van der Waals surface area contributed by atoms with Gasteiger partial charge in [-0.15, -0.1) is 0 Å². The number of azide groups is 3. The predicted octanol–water partition coefficient (Wildman–Crippen LogP) is 5.66. The van der Waals surface area contributed by atoms with Gasteiger partial charge in [-0.05, 0) is 53.4 Å². The summed E-state index contributed by atoms with van der Waals surface area (Å²) in [5.74, 6) is 0. The monoisotopic (exact) mass is 620 g/mol. The lowest BCUT2D eigenvalue weighted by Gasteiger charge is -2.45. The number of aliphatic hydroxyl groups excluding tert-OH is 2. The Balaban J connectivity index is 1.58. The fourth-order valence-corrected chi connectivity index (χ4v) is 5.83. The fraction of sp³-hybridized carbons (Fsp3) is 0.552. The molecule has 1 saturated carbocycles. The molecule has 1 amide bonds. The second kappa shape index (κ2) is 16.5. The van der Waals surface area contributed by atoms with E-state index in [9.17, 15) is 20.5 Å². The van der Waals surface area contributed by atoms with Gasteiger partial charge in [-0.2, -0.15) is 0 Å². The Bertz CT molecular complexity index is 1400. The molecule has 1 heterocycles. The van der Waals surface area contributed by atoms with Crippen molar-refractivity contribution in [3.8, 4) is 0 Å². The summed E-state index contributed by atoms with van der Waals surface area (Å²) in [5.41, 5.74) is 29.0. The summed E-state index contributed by atoms with van der Waals surface area (Å²) >= 11 is 0. The predicted molar refractivity (Wildman–Crippen MR) is 161 cm³/mol. The number of aliphatic hydroxyl groups is 2. The Morgan fingerprint density at radius 2 is 1.51 bits per heavy atom. The Hall–Kier alpha value is -4.52. The molecule has 238 valence electrons. The first-order valence-electron chi connectivity index (χ1n) is 14.7. The standard InChI is InChI=1S/C29H36N10O6/c1-2-23(39(16-18-9-5-3-6-10-18)29(42)43-17-19-11-7-4-8-12-19)24-14-13-20(33-36-30)28(44-24)45-27-22(35-38-32)15-21(34-37-31)25(40)26(27)41/h3-12,20-28,40-41H,2,13-17H2,1H3/t20-,21-,22+,23+,24+,25+,26-,27-,28-/m1/s1. The van der Waals surface area contributed by atoms with Gasteiger partial charge in [0.2, 0.25) is 0 Å². The third-order valence-electron chi connectivity index (χ3n) is 8.09. The van der Waals surface area contributed by atoms with Crippen molar-refractivity contribution in [3.63, 3.8) is 0 Å². The highest BCUT2D eigenvalue weighted by molar-refractivity contribution is 5.68. The molecule has 2 aromatic carbocycles. The van der Waals surface area contributed by atoms with Gasteiger partial charge in [-0.25, -0.2) is 4.79 Å². The van der Waals surface area contributed by atoms with Crippen molar-refractivity contribution in [2.24, 2.45) is 15.3 Å². The molecular weight excluding hydrogens is 584 g/mol. The number of nitrogens with zero attached hydrogens (tertiary/aromatic N) is 10. The number of rotatable bonds is 12. The van der Waals surface area contributed by atoms with E-state index >= 15 is 0 Å². The first-order chi connectivity index (χ1) is 21.9. The Morgan fingerprint density at radius 3 is 2.13 bits per heavy atom. The quantitative estimate of drug-likeness (QED) is 0.172. The molecule has 1 aliphatic heterocycles. The summed E-state index contributed by atoms with van der Waals surface area (Å²) < 4.78 is 18.2. The van der Waals surface area contributed by atoms with Crippen LogP contribution < -0.4 is 0 Å². The van der Waals surface area contributed by atoms with Gasteiger partial charge >= 0.3 is 6.09 Å². The van der Waals surface area contributed by atoms with Crippen LogP contribution in [0.2, 0.25) is 0 Å². The molecule has 2 aliphatic rings. The third-order valence-corrected chi connectivity index (χ3v) is 8.09. The zero-order valence-electron chi connectivity index (χ0n) is 24.7. The Labute approximate surface area is 259 Å². The van der Waals surface area contributed by atoms with Gasteiger partial charge in [-0.1, -0.05) is 82.9 Å². The minimum atomic E-state index is -1.61. The normalized spacial score (nSPS) is 28.3. The van der Waals surface area contributed by atoms with E-state index in [0.717, 1.165) is 11.1 Å². The summed E-state index contributed by atoms with van der Waals surface area (Å²) in [5, 5.41) is 32.6. The topological polar surface area (TPSA) is 235 Å².